The molecule has 0 radical (unpaired) electrons. The molecule has 2 nitrogen and oxygen atoms in total. The molecule has 0 amide bonds. The van der Waals surface area contributed by atoms with E-state index >= 15 is 0 Å². The van der Waals surface area contributed by atoms with E-state index in [1.54, 1.807) is 5.82 Å². The highest BCUT2D eigenvalue weighted by atomic mass is 15.1. The van der Waals surface area contributed by atoms with E-state index in [4.69, 9.17) is 0 Å². The van der Waals surface area contributed by atoms with E-state index in [-0.39, 0.29) is 0 Å². The van der Waals surface area contributed by atoms with Crippen LogP contribution >= 0.6 is 0 Å². The standard InChI is InChI=1S/C32H63N2/c1-4-7-9-11-13-15-16-17-18-19-20-21-22-24-26-28-32-33(6-3)30-31-34(32)29-27-25-23-14-12-10-8-5-2/h30-31H,4-29H2,1-3H3/q+1. The van der Waals surface area contributed by atoms with Crippen LogP contribution in [0.5, 0.6) is 0 Å². The second-order valence-electron chi connectivity index (χ2n) is 10.9. The normalized spacial score (nSPS) is 11.5. The zero-order valence-electron chi connectivity index (χ0n) is 23.9. The van der Waals surface area contributed by atoms with Gasteiger partial charge in [-0.25, -0.2) is 9.13 Å². The Morgan fingerprint density at radius 1 is 0.500 bits per heavy atom. The summed E-state index contributed by atoms with van der Waals surface area (Å²) in [5.74, 6) is 1.57. The maximum Gasteiger partial charge on any atom is 0.256 e. The van der Waals surface area contributed by atoms with Crippen LogP contribution in [-0.4, -0.2) is 4.57 Å². The molecule has 34 heavy (non-hydrogen) atoms. The average molecular weight is 476 g/mol. The number of imidazole rings is 1. The van der Waals surface area contributed by atoms with E-state index in [0.717, 1.165) is 6.54 Å². The summed E-state index contributed by atoms with van der Waals surface area (Å²) in [7, 11) is 0. The van der Waals surface area contributed by atoms with Gasteiger partial charge < -0.3 is 0 Å². The third-order valence-electron chi connectivity index (χ3n) is 7.69. The van der Waals surface area contributed by atoms with Crippen LogP contribution in [0.4, 0.5) is 0 Å². The van der Waals surface area contributed by atoms with Gasteiger partial charge in [0, 0.05) is 6.42 Å². The largest absolute Gasteiger partial charge is 0.256 e. The number of hydrogen-bond donors (Lipinski definition) is 0. The number of nitrogens with zero attached hydrogens (tertiary/aromatic N) is 2. The fourth-order valence-electron chi connectivity index (χ4n) is 5.35. The fourth-order valence-corrected chi connectivity index (χ4v) is 5.35. The lowest BCUT2D eigenvalue weighted by Crippen LogP contribution is -2.37. The number of rotatable bonds is 26. The minimum atomic E-state index is 1.11. The molecule has 2 heteroatoms. The summed E-state index contributed by atoms with van der Waals surface area (Å²) < 4.78 is 5.04. The van der Waals surface area contributed by atoms with Gasteiger partial charge in [-0.2, -0.15) is 0 Å². The van der Waals surface area contributed by atoms with Crippen LogP contribution in [0, 0.1) is 0 Å². The number of hydrogen-bond acceptors (Lipinski definition) is 0. The van der Waals surface area contributed by atoms with Gasteiger partial charge in [-0.3, -0.25) is 0 Å². The molecule has 200 valence electrons. The molecule has 1 aromatic heterocycles. The van der Waals surface area contributed by atoms with Crippen molar-refractivity contribution in [1.82, 2.24) is 4.57 Å². The molecule has 0 aliphatic heterocycles. The van der Waals surface area contributed by atoms with Crippen molar-refractivity contribution in [3.8, 4) is 0 Å². The summed E-state index contributed by atoms with van der Waals surface area (Å²) in [6, 6.07) is 0. The Hall–Kier alpha value is -0.790. The van der Waals surface area contributed by atoms with E-state index in [1.807, 2.05) is 0 Å². The smallest absolute Gasteiger partial charge is 0.235 e. The van der Waals surface area contributed by atoms with Crippen molar-refractivity contribution in [3.05, 3.63) is 18.2 Å². The number of aromatic nitrogens is 2. The van der Waals surface area contributed by atoms with E-state index in [0.29, 0.717) is 0 Å². The van der Waals surface area contributed by atoms with Crippen LogP contribution in [0.2, 0.25) is 0 Å². The molecule has 0 aliphatic carbocycles. The van der Waals surface area contributed by atoms with E-state index in [9.17, 15) is 0 Å². The predicted molar refractivity (Wildman–Crippen MR) is 152 cm³/mol. The Bertz CT molecular complexity index is 533. The minimum absolute atomic E-state index is 1.11. The first-order valence-corrected chi connectivity index (χ1v) is 15.9. The summed E-state index contributed by atoms with van der Waals surface area (Å²) in [5.41, 5.74) is 0. The summed E-state index contributed by atoms with van der Waals surface area (Å²) in [6.07, 6.45) is 38.8. The Morgan fingerprint density at radius 2 is 0.882 bits per heavy atom. The van der Waals surface area contributed by atoms with Crippen molar-refractivity contribution in [3.63, 3.8) is 0 Å². The molecule has 0 bridgehead atoms. The molecule has 0 unspecified atom stereocenters. The van der Waals surface area contributed by atoms with Crippen molar-refractivity contribution in [1.29, 1.82) is 0 Å². The zero-order valence-corrected chi connectivity index (χ0v) is 23.9. The highest BCUT2D eigenvalue weighted by Gasteiger charge is 2.15. The van der Waals surface area contributed by atoms with Crippen molar-refractivity contribution in [2.45, 2.75) is 188 Å². The first-order chi connectivity index (χ1) is 16.8. The molecule has 1 heterocycles. The van der Waals surface area contributed by atoms with Gasteiger partial charge in [0.05, 0.1) is 13.1 Å². The molecule has 0 spiro atoms. The Morgan fingerprint density at radius 3 is 1.29 bits per heavy atom. The SMILES string of the molecule is CCCCCCCCCCCCCCCCCc1n(CC)cc[n+]1CCCCCCCCCC. The third-order valence-corrected chi connectivity index (χ3v) is 7.69. The fraction of sp³-hybridized carbons (Fsp3) is 0.906. The first kappa shape index (κ1) is 31.2. The van der Waals surface area contributed by atoms with Crippen molar-refractivity contribution in [2.24, 2.45) is 0 Å². The van der Waals surface area contributed by atoms with Crippen molar-refractivity contribution < 1.29 is 4.57 Å². The Balaban J connectivity index is 2.01. The van der Waals surface area contributed by atoms with Gasteiger partial charge in [-0.05, 0) is 26.2 Å². The van der Waals surface area contributed by atoms with Gasteiger partial charge >= 0.3 is 0 Å². The lowest BCUT2D eigenvalue weighted by atomic mass is 10.0. The first-order valence-electron chi connectivity index (χ1n) is 15.9. The highest BCUT2D eigenvalue weighted by molar-refractivity contribution is 4.83. The Labute approximate surface area is 215 Å². The molecule has 1 aromatic rings. The number of unbranched alkanes of at least 4 members (excludes halogenated alkanes) is 21. The van der Waals surface area contributed by atoms with E-state index < -0.39 is 0 Å². The van der Waals surface area contributed by atoms with E-state index in [2.05, 4.69) is 42.3 Å². The Kier molecular flexibility index (Phi) is 22.0. The van der Waals surface area contributed by atoms with Crippen LogP contribution in [0.25, 0.3) is 0 Å². The molecule has 0 aliphatic rings. The molecule has 0 saturated heterocycles. The quantitative estimate of drug-likeness (QED) is 0.0930. The lowest BCUT2D eigenvalue weighted by molar-refractivity contribution is -0.704. The molecule has 0 atom stereocenters. The van der Waals surface area contributed by atoms with Crippen LogP contribution in [0.15, 0.2) is 12.4 Å². The van der Waals surface area contributed by atoms with Crippen molar-refractivity contribution in [2.75, 3.05) is 0 Å². The zero-order chi connectivity index (χ0) is 24.5. The molecular formula is C32H63N2+. The molecular weight excluding hydrogens is 412 g/mol. The predicted octanol–water partition coefficient (Wildman–Crippen LogP) is 10.4. The molecule has 1 rings (SSSR count). The van der Waals surface area contributed by atoms with Gasteiger partial charge in [-0.15, -0.1) is 0 Å². The van der Waals surface area contributed by atoms with Crippen molar-refractivity contribution >= 4 is 0 Å². The van der Waals surface area contributed by atoms with Gasteiger partial charge in [0.2, 0.25) is 0 Å². The third kappa shape index (κ3) is 16.8. The van der Waals surface area contributed by atoms with Crippen LogP contribution in [0.3, 0.4) is 0 Å². The topological polar surface area (TPSA) is 8.81 Å². The molecule has 0 saturated carbocycles. The van der Waals surface area contributed by atoms with Crippen LogP contribution < -0.4 is 4.57 Å². The maximum atomic E-state index is 2.56. The lowest BCUT2D eigenvalue weighted by Gasteiger charge is -2.06. The van der Waals surface area contributed by atoms with Gasteiger partial charge in [0.15, 0.2) is 0 Å². The molecule has 0 N–H and O–H groups in total. The summed E-state index contributed by atoms with van der Waals surface area (Å²) in [5, 5.41) is 0. The summed E-state index contributed by atoms with van der Waals surface area (Å²) >= 11 is 0. The monoisotopic (exact) mass is 475 g/mol. The van der Waals surface area contributed by atoms with Crippen LogP contribution in [-0.2, 0) is 19.5 Å². The van der Waals surface area contributed by atoms with Gasteiger partial charge in [0.25, 0.3) is 5.82 Å². The highest BCUT2D eigenvalue weighted by Crippen LogP contribution is 2.14. The van der Waals surface area contributed by atoms with Crippen LogP contribution in [0.1, 0.15) is 174 Å². The molecule has 0 fully saturated rings. The molecule has 0 aromatic carbocycles. The maximum absolute atomic E-state index is 2.56. The second kappa shape index (κ2) is 23.9. The second-order valence-corrected chi connectivity index (χ2v) is 10.9. The minimum Gasteiger partial charge on any atom is -0.235 e. The average Bonchev–Trinajstić information content (AvgIpc) is 3.24. The van der Waals surface area contributed by atoms with Gasteiger partial charge in [-0.1, -0.05) is 142 Å². The van der Waals surface area contributed by atoms with E-state index in [1.165, 1.54) is 161 Å². The summed E-state index contributed by atoms with van der Waals surface area (Å²) in [6.45, 7) is 9.22. The van der Waals surface area contributed by atoms with Gasteiger partial charge in [0.1, 0.15) is 12.4 Å². The number of aryl methyl sites for hydroxylation is 2. The summed E-state index contributed by atoms with van der Waals surface area (Å²) in [4.78, 5) is 0.